The molecule has 2 rings (SSSR count). The molecule has 1 unspecified atom stereocenters. The number of non-ortho nitro benzene ring substituents is 1. The van der Waals surface area contributed by atoms with Crippen LogP contribution >= 0.6 is 0 Å². The number of halogens is 1. The van der Waals surface area contributed by atoms with Gasteiger partial charge in [0.05, 0.1) is 17.5 Å². The van der Waals surface area contributed by atoms with Crippen LogP contribution in [0.15, 0.2) is 18.2 Å². The standard InChI is InChI=1S/C11H10FN3O4/c1-6-11(17)13-10(16)5-14(6)8-2-7(12)3-9(4-8)15(18)19/h2-4,6H,5H2,1H3,(H,13,16,17). The molecule has 1 fully saturated rings. The molecule has 1 atom stereocenters. The molecule has 0 aromatic heterocycles. The first-order valence-electron chi connectivity index (χ1n) is 5.44. The number of hydrogen-bond donors (Lipinski definition) is 1. The number of rotatable bonds is 2. The Labute approximate surface area is 107 Å². The van der Waals surface area contributed by atoms with Crippen LogP contribution < -0.4 is 10.2 Å². The lowest BCUT2D eigenvalue weighted by Gasteiger charge is -2.33. The summed E-state index contributed by atoms with van der Waals surface area (Å²) in [6, 6.07) is 2.25. The summed E-state index contributed by atoms with van der Waals surface area (Å²) in [6.45, 7) is 1.37. The second-order valence-electron chi connectivity index (χ2n) is 4.14. The van der Waals surface area contributed by atoms with Crippen molar-refractivity contribution in [3.63, 3.8) is 0 Å². The maximum atomic E-state index is 13.3. The summed E-state index contributed by atoms with van der Waals surface area (Å²) in [4.78, 5) is 34.1. The predicted octanol–water partition coefficient (Wildman–Crippen LogP) is 0.585. The molecule has 1 N–H and O–H groups in total. The molecule has 1 aromatic carbocycles. The maximum absolute atomic E-state index is 13.3. The van der Waals surface area contributed by atoms with Crippen LogP contribution in [0.1, 0.15) is 6.92 Å². The highest BCUT2D eigenvalue weighted by atomic mass is 19.1. The van der Waals surface area contributed by atoms with E-state index in [0.29, 0.717) is 0 Å². The van der Waals surface area contributed by atoms with E-state index >= 15 is 0 Å². The van der Waals surface area contributed by atoms with Crippen molar-refractivity contribution in [2.75, 3.05) is 11.4 Å². The van der Waals surface area contributed by atoms with Crippen LogP contribution in [0, 0.1) is 15.9 Å². The number of amides is 2. The quantitative estimate of drug-likeness (QED) is 0.481. The Kier molecular flexibility index (Phi) is 3.16. The van der Waals surface area contributed by atoms with Crippen molar-refractivity contribution in [2.24, 2.45) is 0 Å². The van der Waals surface area contributed by atoms with Crippen LogP contribution in [-0.2, 0) is 9.59 Å². The van der Waals surface area contributed by atoms with Gasteiger partial charge in [0.2, 0.25) is 11.8 Å². The predicted molar refractivity (Wildman–Crippen MR) is 63.0 cm³/mol. The molecular formula is C11H10FN3O4. The van der Waals surface area contributed by atoms with Crippen LogP contribution in [0.25, 0.3) is 0 Å². The Morgan fingerprint density at radius 2 is 2.11 bits per heavy atom. The summed E-state index contributed by atoms with van der Waals surface area (Å²) < 4.78 is 13.3. The Morgan fingerprint density at radius 3 is 2.74 bits per heavy atom. The average Bonchev–Trinajstić information content (AvgIpc) is 2.32. The Hall–Kier alpha value is -2.51. The minimum atomic E-state index is -0.796. The van der Waals surface area contributed by atoms with Crippen molar-refractivity contribution in [3.8, 4) is 0 Å². The number of piperazine rings is 1. The highest BCUT2D eigenvalue weighted by molar-refractivity contribution is 6.04. The zero-order chi connectivity index (χ0) is 14.2. The van der Waals surface area contributed by atoms with Gasteiger partial charge in [0.25, 0.3) is 5.69 Å². The van der Waals surface area contributed by atoms with Gasteiger partial charge in [-0.2, -0.15) is 0 Å². The molecule has 1 aliphatic heterocycles. The molecule has 0 aliphatic carbocycles. The third-order valence-electron chi connectivity index (χ3n) is 2.83. The molecule has 0 radical (unpaired) electrons. The lowest BCUT2D eigenvalue weighted by molar-refractivity contribution is -0.385. The number of benzene rings is 1. The number of nitro benzene ring substituents is 1. The number of anilines is 1. The first kappa shape index (κ1) is 12.9. The van der Waals surface area contributed by atoms with Gasteiger partial charge < -0.3 is 4.90 Å². The minimum Gasteiger partial charge on any atom is -0.350 e. The SMILES string of the molecule is CC1C(=O)NC(=O)CN1c1cc(F)cc([N+](=O)[O-])c1. The van der Waals surface area contributed by atoms with Gasteiger partial charge in [-0.3, -0.25) is 25.0 Å². The van der Waals surface area contributed by atoms with E-state index in [9.17, 15) is 24.1 Å². The van der Waals surface area contributed by atoms with Crippen LogP contribution in [0.5, 0.6) is 0 Å². The van der Waals surface area contributed by atoms with Crippen molar-refractivity contribution in [1.29, 1.82) is 0 Å². The fourth-order valence-electron chi connectivity index (χ4n) is 1.86. The van der Waals surface area contributed by atoms with Crippen LogP contribution in [0.4, 0.5) is 15.8 Å². The summed E-state index contributed by atoms with van der Waals surface area (Å²) >= 11 is 0. The summed E-state index contributed by atoms with van der Waals surface area (Å²) in [5.74, 6) is -1.85. The molecule has 100 valence electrons. The lowest BCUT2D eigenvalue weighted by Crippen LogP contribution is -2.57. The van der Waals surface area contributed by atoms with Gasteiger partial charge >= 0.3 is 0 Å². The van der Waals surface area contributed by atoms with Crippen LogP contribution in [0.2, 0.25) is 0 Å². The molecule has 1 heterocycles. The molecule has 1 saturated heterocycles. The highest BCUT2D eigenvalue weighted by Crippen LogP contribution is 2.25. The number of nitrogens with one attached hydrogen (secondary N) is 1. The number of imide groups is 1. The van der Waals surface area contributed by atoms with Crippen molar-refractivity contribution in [1.82, 2.24) is 5.32 Å². The zero-order valence-electron chi connectivity index (χ0n) is 9.92. The molecule has 0 bridgehead atoms. The monoisotopic (exact) mass is 267 g/mol. The minimum absolute atomic E-state index is 0.127. The smallest absolute Gasteiger partial charge is 0.274 e. The molecule has 0 saturated carbocycles. The fraction of sp³-hybridized carbons (Fsp3) is 0.273. The zero-order valence-corrected chi connectivity index (χ0v) is 9.92. The molecule has 7 nitrogen and oxygen atoms in total. The largest absolute Gasteiger partial charge is 0.350 e. The summed E-state index contributed by atoms with van der Waals surface area (Å²) in [6.07, 6.45) is 0. The Morgan fingerprint density at radius 1 is 1.42 bits per heavy atom. The first-order valence-corrected chi connectivity index (χ1v) is 5.44. The topological polar surface area (TPSA) is 92.6 Å². The van der Waals surface area contributed by atoms with E-state index < -0.39 is 34.3 Å². The van der Waals surface area contributed by atoms with E-state index in [-0.39, 0.29) is 12.2 Å². The van der Waals surface area contributed by atoms with Gasteiger partial charge in [0, 0.05) is 11.8 Å². The van der Waals surface area contributed by atoms with E-state index in [1.807, 2.05) is 0 Å². The van der Waals surface area contributed by atoms with Crippen molar-refractivity contribution >= 4 is 23.2 Å². The molecule has 0 spiro atoms. The third-order valence-corrected chi connectivity index (χ3v) is 2.83. The van der Waals surface area contributed by atoms with E-state index in [2.05, 4.69) is 5.32 Å². The van der Waals surface area contributed by atoms with Gasteiger partial charge in [-0.25, -0.2) is 4.39 Å². The second kappa shape index (κ2) is 4.63. The maximum Gasteiger partial charge on any atom is 0.274 e. The number of nitro groups is 1. The number of nitrogens with zero attached hydrogens (tertiary/aromatic N) is 2. The summed E-state index contributed by atoms with van der Waals surface area (Å²) in [7, 11) is 0. The normalized spacial score (nSPS) is 19.3. The number of hydrogen-bond acceptors (Lipinski definition) is 5. The van der Waals surface area contributed by atoms with E-state index in [1.165, 1.54) is 11.8 Å². The van der Waals surface area contributed by atoms with Crippen molar-refractivity contribution in [3.05, 3.63) is 34.1 Å². The second-order valence-corrected chi connectivity index (χ2v) is 4.14. The van der Waals surface area contributed by atoms with E-state index in [0.717, 1.165) is 18.2 Å². The van der Waals surface area contributed by atoms with Gasteiger partial charge in [-0.1, -0.05) is 0 Å². The van der Waals surface area contributed by atoms with E-state index in [4.69, 9.17) is 0 Å². The van der Waals surface area contributed by atoms with Crippen molar-refractivity contribution < 1.29 is 18.9 Å². The fourth-order valence-corrected chi connectivity index (χ4v) is 1.86. The van der Waals surface area contributed by atoms with Gasteiger partial charge in [-0.15, -0.1) is 0 Å². The summed E-state index contributed by atoms with van der Waals surface area (Å²) in [5.41, 5.74) is -0.303. The van der Waals surface area contributed by atoms with Gasteiger partial charge in [0.15, 0.2) is 0 Å². The molecule has 1 aromatic rings. The highest BCUT2D eigenvalue weighted by Gasteiger charge is 2.31. The molecule has 19 heavy (non-hydrogen) atoms. The van der Waals surface area contributed by atoms with Gasteiger partial charge in [-0.05, 0) is 13.0 Å². The Balaban J connectivity index is 2.42. The first-order chi connectivity index (χ1) is 8.88. The average molecular weight is 267 g/mol. The number of carbonyl (C=O) groups is 2. The third kappa shape index (κ3) is 2.51. The molecule has 2 amide bonds. The summed E-state index contributed by atoms with van der Waals surface area (Å²) in [5, 5.41) is 12.8. The lowest BCUT2D eigenvalue weighted by atomic mass is 10.1. The van der Waals surface area contributed by atoms with Crippen molar-refractivity contribution in [2.45, 2.75) is 13.0 Å². The molecule has 8 heteroatoms. The number of carbonyl (C=O) groups excluding carboxylic acids is 2. The Bertz CT molecular complexity index is 575. The van der Waals surface area contributed by atoms with E-state index in [1.54, 1.807) is 0 Å². The van der Waals surface area contributed by atoms with Gasteiger partial charge in [0.1, 0.15) is 11.9 Å². The van der Waals surface area contributed by atoms with Crippen LogP contribution in [-0.4, -0.2) is 29.3 Å². The molecule has 1 aliphatic rings. The van der Waals surface area contributed by atoms with Crippen LogP contribution in [0.3, 0.4) is 0 Å². The molecular weight excluding hydrogens is 257 g/mol.